The number of aromatic nitrogens is 1. The van der Waals surface area contributed by atoms with E-state index in [1.54, 1.807) is 0 Å². The van der Waals surface area contributed by atoms with E-state index in [9.17, 15) is 4.79 Å². The third-order valence-electron chi connectivity index (χ3n) is 3.98. The van der Waals surface area contributed by atoms with Crippen LogP contribution in [0.3, 0.4) is 0 Å². The molecule has 4 nitrogen and oxygen atoms in total. The maximum absolute atomic E-state index is 12.6. The van der Waals surface area contributed by atoms with Crippen LogP contribution in [0.2, 0.25) is 0 Å². The zero-order valence-electron chi connectivity index (χ0n) is 12.7. The van der Waals surface area contributed by atoms with Crippen LogP contribution in [-0.4, -0.2) is 41.5 Å². The Bertz CT molecular complexity index is 665. The second-order valence-corrected chi connectivity index (χ2v) is 5.83. The molecule has 2 N–H and O–H groups in total. The number of carbonyl (C=O) groups excluding carboxylic acids is 1. The maximum Gasteiger partial charge on any atom is 0.270 e. The second-order valence-electron chi connectivity index (χ2n) is 5.83. The Labute approximate surface area is 131 Å². The monoisotopic (exact) mass is 307 g/mol. The fourth-order valence-corrected chi connectivity index (χ4v) is 3.00. The van der Waals surface area contributed by atoms with Crippen molar-refractivity contribution in [3.63, 3.8) is 0 Å². The van der Waals surface area contributed by atoms with Gasteiger partial charge in [0.25, 0.3) is 5.91 Å². The molecule has 0 aliphatic carbocycles. The van der Waals surface area contributed by atoms with Crippen molar-refractivity contribution in [2.75, 3.05) is 19.6 Å². The molecule has 1 fully saturated rings. The minimum absolute atomic E-state index is 0. The molecule has 1 atom stereocenters. The van der Waals surface area contributed by atoms with Crippen LogP contribution in [0, 0.1) is 13.8 Å². The molecule has 1 aromatic heterocycles. The summed E-state index contributed by atoms with van der Waals surface area (Å²) in [6.07, 6.45) is 0. The van der Waals surface area contributed by atoms with Crippen molar-refractivity contribution in [1.82, 2.24) is 15.2 Å². The molecule has 2 heterocycles. The van der Waals surface area contributed by atoms with Crippen molar-refractivity contribution >= 4 is 29.2 Å². The predicted octanol–water partition coefficient (Wildman–Crippen LogP) is 2.64. The summed E-state index contributed by atoms with van der Waals surface area (Å²) in [6.45, 7) is 8.68. The summed E-state index contributed by atoms with van der Waals surface area (Å²) in [5, 5.41) is 4.50. The summed E-state index contributed by atoms with van der Waals surface area (Å²) in [6, 6.07) is 6.59. The average Bonchev–Trinajstić information content (AvgIpc) is 2.82. The van der Waals surface area contributed by atoms with Gasteiger partial charge >= 0.3 is 0 Å². The van der Waals surface area contributed by atoms with Crippen LogP contribution < -0.4 is 5.32 Å². The number of nitrogens with one attached hydrogen (secondary N) is 2. The Morgan fingerprint density at radius 2 is 2.05 bits per heavy atom. The number of benzene rings is 1. The lowest BCUT2D eigenvalue weighted by atomic mass is 10.1. The van der Waals surface area contributed by atoms with E-state index in [-0.39, 0.29) is 18.3 Å². The van der Waals surface area contributed by atoms with Gasteiger partial charge in [-0.05, 0) is 44.0 Å². The number of piperazine rings is 1. The van der Waals surface area contributed by atoms with E-state index in [0.29, 0.717) is 11.7 Å². The van der Waals surface area contributed by atoms with Crippen molar-refractivity contribution in [3.8, 4) is 0 Å². The molecule has 0 radical (unpaired) electrons. The van der Waals surface area contributed by atoms with Crippen molar-refractivity contribution in [1.29, 1.82) is 0 Å². The summed E-state index contributed by atoms with van der Waals surface area (Å²) < 4.78 is 0. The van der Waals surface area contributed by atoms with Gasteiger partial charge in [-0.2, -0.15) is 0 Å². The number of hydrogen-bond acceptors (Lipinski definition) is 2. The zero-order valence-corrected chi connectivity index (χ0v) is 13.5. The third kappa shape index (κ3) is 3.06. The van der Waals surface area contributed by atoms with Crippen molar-refractivity contribution < 1.29 is 4.79 Å². The van der Waals surface area contributed by atoms with Crippen molar-refractivity contribution in [2.24, 2.45) is 0 Å². The second kappa shape index (κ2) is 6.08. The van der Waals surface area contributed by atoms with E-state index in [1.165, 1.54) is 11.1 Å². The molecule has 0 bridgehead atoms. The molecule has 5 heteroatoms. The molecule has 21 heavy (non-hydrogen) atoms. The van der Waals surface area contributed by atoms with E-state index in [1.807, 2.05) is 11.0 Å². The number of aryl methyl sites for hydroxylation is 2. The third-order valence-corrected chi connectivity index (χ3v) is 3.98. The molecular formula is C16H22ClN3O. The molecule has 0 unspecified atom stereocenters. The number of amides is 1. The van der Waals surface area contributed by atoms with Gasteiger partial charge in [-0.15, -0.1) is 12.4 Å². The van der Waals surface area contributed by atoms with Gasteiger partial charge in [0.1, 0.15) is 5.69 Å². The Balaban J connectivity index is 0.00000161. The molecule has 1 amide bonds. The highest BCUT2D eigenvalue weighted by Crippen LogP contribution is 2.22. The molecule has 1 aromatic carbocycles. The summed E-state index contributed by atoms with van der Waals surface area (Å²) in [7, 11) is 0. The van der Waals surface area contributed by atoms with E-state index in [4.69, 9.17) is 0 Å². The Kier molecular flexibility index (Phi) is 4.59. The quantitative estimate of drug-likeness (QED) is 0.851. The molecule has 1 aliphatic heterocycles. The van der Waals surface area contributed by atoms with Gasteiger partial charge in [-0.1, -0.05) is 6.07 Å². The van der Waals surface area contributed by atoms with E-state index in [0.717, 1.165) is 30.5 Å². The molecule has 2 aromatic rings. The lowest BCUT2D eigenvalue weighted by Gasteiger charge is -2.31. The molecule has 1 saturated heterocycles. The SMILES string of the molecule is Cc1cc(C)c2cc(C(=O)N3CCN[C@H](C)C3)[nH]c2c1.Cl. The van der Waals surface area contributed by atoms with Crippen LogP contribution in [0.25, 0.3) is 10.9 Å². The van der Waals surface area contributed by atoms with E-state index in [2.05, 4.69) is 43.2 Å². The van der Waals surface area contributed by atoms with Crippen molar-refractivity contribution in [2.45, 2.75) is 26.8 Å². The first-order valence-electron chi connectivity index (χ1n) is 7.17. The average molecular weight is 308 g/mol. The van der Waals surface area contributed by atoms with E-state index < -0.39 is 0 Å². The molecule has 1 aliphatic rings. The van der Waals surface area contributed by atoms with Gasteiger partial charge in [-0.3, -0.25) is 4.79 Å². The maximum atomic E-state index is 12.6. The smallest absolute Gasteiger partial charge is 0.270 e. The largest absolute Gasteiger partial charge is 0.351 e. The normalized spacial score (nSPS) is 18.6. The minimum Gasteiger partial charge on any atom is -0.351 e. The topological polar surface area (TPSA) is 48.1 Å². The van der Waals surface area contributed by atoms with Gasteiger partial charge in [-0.25, -0.2) is 0 Å². The number of fused-ring (bicyclic) bond motifs is 1. The van der Waals surface area contributed by atoms with Crippen LogP contribution in [0.15, 0.2) is 18.2 Å². The number of hydrogen-bond donors (Lipinski definition) is 2. The molecule has 114 valence electrons. The van der Waals surface area contributed by atoms with E-state index >= 15 is 0 Å². The first kappa shape index (κ1) is 15.9. The Morgan fingerprint density at radius 1 is 1.29 bits per heavy atom. The number of aromatic amines is 1. The molecular weight excluding hydrogens is 286 g/mol. The van der Waals surface area contributed by atoms with Crippen LogP contribution in [0.4, 0.5) is 0 Å². The highest BCUT2D eigenvalue weighted by Gasteiger charge is 2.23. The Morgan fingerprint density at radius 3 is 2.76 bits per heavy atom. The lowest BCUT2D eigenvalue weighted by Crippen LogP contribution is -2.51. The van der Waals surface area contributed by atoms with Gasteiger partial charge in [0, 0.05) is 36.6 Å². The highest BCUT2D eigenvalue weighted by atomic mass is 35.5. The first-order chi connectivity index (χ1) is 9.54. The van der Waals surface area contributed by atoms with Gasteiger partial charge in [0.05, 0.1) is 0 Å². The van der Waals surface area contributed by atoms with Crippen molar-refractivity contribution in [3.05, 3.63) is 35.0 Å². The summed E-state index contributed by atoms with van der Waals surface area (Å²) >= 11 is 0. The van der Waals surface area contributed by atoms with Gasteiger partial charge in [0.2, 0.25) is 0 Å². The number of carbonyl (C=O) groups is 1. The van der Waals surface area contributed by atoms with Gasteiger partial charge < -0.3 is 15.2 Å². The number of H-pyrrole nitrogens is 1. The van der Waals surface area contributed by atoms with Crippen LogP contribution >= 0.6 is 12.4 Å². The van der Waals surface area contributed by atoms with Gasteiger partial charge in [0.15, 0.2) is 0 Å². The first-order valence-corrected chi connectivity index (χ1v) is 7.17. The summed E-state index contributed by atoms with van der Waals surface area (Å²) in [4.78, 5) is 17.8. The zero-order chi connectivity index (χ0) is 14.3. The van der Waals surface area contributed by atoms with Crippen LogP contribution in [0.1, 0.15) is 28.5 Å². The fraction of sp³-hybridized carbons (Fsp3) is 0.438. The summed E-state index contributed by atoms with van der Waals surface area (Å²) in [5.41, 5.74) is 4.17. The minimum atomic E-state index is 0. The number of rotatable bonds is 1. The predicted molar refractivity (Wildman–Crippen MR) is 88.4 cm³/mol. The number of halogens is 1. The molecule has 0 spiro atoms. The standard InChI is InChI=1S/C16H21N3O.ClH/c1-10-6-11(2)13-8-15(18-14(13)7-10)16(20)19-5-4-17-12(3)9-19;/h6-8,12,17-18H,4-5,9H2,1-3H3;1H/t12-;/m1./s1. The Hall–Kier alpha value is -1.52. The van der Waals surface area contributed by atoms with Crippen LogP contribution in [-0.2, 0) is 0 Å². The molecule has 0 saturated carbocycles. The number of nitrogens with zero attached hydrogens (tertiary/aromatic N) is 1. The lowest BCUT2D eigenvalue weighted by molar-refractivity contribution is 0.0704. The highest BCUT2D eigenvalue weighted by molar-refractivity contribution is 5.99. The molecule has 3 rings (SSSR count). The fourth-order valence-electron chi connectivity index (χ4n) is 3.00. The van der Waals surface area contributed by atoms with Crippen LogP contribution in [0.5, 0.6) is 0 Å². The summed E-state index contributed by atoms with van der Waals surface area (Å²) in [5.74, 6) is 0.103.